The van der Waals surface area contributed by atoms with Crippen molar-refractivity contribution in [3.05, 3.63) is 29.3 Å². The van der Waals surface area contributed by atoms with Crippen LogP contribution in [0.3, 0.4) is 0 Å². The number of hydrogen-bond acceptors (Lipinski definition) is 3. The highest BCUT2D eigenvalue weighted by Gasteiger charge is 2.33. The van der Waals surface area contributed by atoms with Crippen molar-refractivity contribution in [2.24, 2.45) is 5.92 Å². The van der Waals surface area contributed by atoms with Crippen LogP contribution in [0.5, 0.6) is 5.75 Å². The third-order valence-electron chi connectivity index (χ3n) is 4.53. The molecule has 1 aromatic rings. The quantitative estimate of drug-likeness (QED) is 0.902. The molecule has 0 bridgehead atoms. The SMILES string of the molecule is C[C@H]1C[C@@H](C(=O)N2CCC(Oc3cccc(Cl)c3)C2)CCN1.Cl. The van der Waals surface area contributed by atoms with Gasteiger partial charge in [0, 0.05) is 29.9 Å². The Labute approximate surface area is 148 Å². The van der Waals surface area contributed by atoms with Gasteiger partial charge < -0.3 is 15.0 Å². The zero-order valence-corrected chi connectivity index (χ0v) is 14.9. The van der Waals surface area contributed by atoms with Gasteiger partial charge in [0.2, 0.25) is 5.91 Å². The van der Waals surface area contributed by atoms with Crippen molar-refractivity contribution in [3.63, 3.8) is 0 Å². The molecule has 1 N–H and O–H groups in total. The van der Waals surface area contributed by atoms with E-state index in [1.54, 1.807) is 0 Å². The molecule has 23 heavy (non-hydrogen) atoms. The number of rotatable bonds is 3. The summed E-state index contributed by atoms with van der Waals surface area (Å²) in [5.74, 6) is 1.24. The molecule has 2 saturated heterocycles. The van der Waals surface area contributed by atoms with Crippen LogP contribution in [0.4, 0.5) is 0 Å². The molecular formula is C17H24Cl2N2O2. The second-order valence-electron chi connectivity index (χ2n) is 6.35. The maximum atomic E-state index is 12.6. The zero-order chi connectivity index (χ0) is 15.5. The maximum Gasteiger partial charge on any atom is 0.225 e. The lowest BCUT2D eigenvalue weighted by molar-refractivity contribution is -0.135. The van der Waals surface area contributed by atoms with Crippen molar-refractivity contribution in [2.45, 2.75) is 38.3 Å². The van der Waals surface area contributed by atoms with Gasteiger partial charge >= 0.3 is 0 Å². The number of carbonyl (C=O) groups excluding carboxylic acids is 1. The van der Waals surface area contributed by atoms with E-state index in [-0.39, 0.29) is 24.4 Å². The first kappa shape index (κ1) is 18.4. The lowest BCUT2D eigenvalue weighted by Crippen LogP contribution is -2.43. The summed E-state index contributed by atoms with van der Waals surface area (Å²) in [6.45, 7) is 4.56. The van der Waals surface area contributed by atoms with E-state index in [0.29, 0.717) is 23.5 Å². The maximum absolute atomic E-state index is 12.6. The highest BCUT2D eigenvalue weighted by Crippen LogP contribution is 2.25. The number of likely N-dealkylation sites (tertiary alicyclic amines) is 1. The van der Waals surface area contributed by atoms with Crippen molar-refractivity contribution in [1.82, 2.24) is 10.2 Å². The lowest BCUT2D eigenvalue weighted by Gasteiger charge is -2.30. The summed E-state index contributed by atoms with van der Waals surface area (Å²) in [5, 5.41) is 4.07. The smallest absolute Gasteiger partial charge is 0.225 e. The highest BCUT2D eigenvalue weighted by atomic mass is 35.5. The summed E-state index contributed by atoms with van der Waals surface area (Å²) >= 11 is 5.97. The second kappa shape index (κ2) is 8.22. The van der Waals surface area contributed by atoms with Gasteiger partial charge in [0.1, 0.15) is 11.9 Å². The van der Waals surface area contributed by atoms with Gasteiger partial charge in [0.15, 0.2) is 0 Å². The first-order chi connectivity index (χ1) is 10.6. The number of ether oxygens (including phenoxy) is 1. The number of nitrogens with zero attached hydrogens (tertiary/aromatic N) is 1. The number of hydrogen-bond donors (Lipinski definition) is 1. The number of nitrogens with one attached hydrogen (secondary N) is 1. The summed E-state index contributed by atoms with van der Waals surface area (Å²) in [6, 6.07) is 7.87. The van der Waals surface area contributed by atoms with Gasteiger partial charge in [0.25, 0.3) is 0 Å². The number of carbonyl (C=O) groups is 1. The van der Waals surface area contributed by atoms with E-state index in [4.69, 9.17) is 16.3 Å². The van der Waals surface area contributed by atoms with Crippen LogP contribution in [-0.2, 0) is 4.79 Å². The summed E-state index contributed by atoms with van der Waals surface area (Å²) in [5.41, 5.74) is 0. The largest absolute Gasteiger partial charge is 0.488 e. The number of benzene rings is 1. The van der Waals surface area contributed by atoms with Crippen molar-refractivity contribution < 1.29 is 9.53 Å². The van der Waals surface area contributed by atoms with Crippen molar-refractivity contribution >= 4 is 29.9 Å². The third-order valence-corrected chi connectivity index (χ3v) is 4.76. The molecule has 2 heterocycles. The summed E-state index contributed by atoms with van der Waals surface area (Å²) in [6.07, 6.45) is 2.84. The Bertz CT molecular complexity index is 541. The van der Waals surface area contributed by atoms with Crippen LogP contribution in [-0.4, -0.2) is 42.6 Å². The van der Waals surface area contributed by atoms with E-state index < -0.39 is 0 Å². The number of halogens is 2. The number of piperidine rings is 1. The molecule has 1 unspecified atom stereocenters. The van der Waals surface area contributed by atoms with Crippen LogP contribution in [0.15, 0.2) is 24.3 Å². The van der Waals surface area contributed by atoms with Crippen LogP contribution < -0.4 is 10.1 Å². The van der Waals surface area contributed by atoms with Gasteiger partial charge in [-0.2, -0.15) is 0 Å². The first-order valence-corrected chi connectivity index (χ1v) is 8.44. The molecule has 6 heteroatoms. The fourth-order valence-electron chi connectivity index (χ4n) is 3.37. The second-order valence-corrected chi connectivity index (χ2v) is 6.78. The van der Waals surface area contributed by atoms with Gasteiger partial charge in [-0.25, -0.2) is 0 Å². The first-order valence-electron chi connectivity index (χ1n) is 8.06. The van der Waals surface area contributed by atoms with Crippen molar-refractivity contribution in [1.29, 1.82) is 0 Å². The lowest BCUT2D eigenvalue weighted by atomic mass is 9.92. The Balaban J connectivity index is 0.00000192. The monoisotopic (exact) mass is 358 g/mol. The Morgan fingerprint density at radius 2 is 2.22 bits per heavy atom. The average Bonchev–Trinajstić information content (AvgIpc) is 2.95. The molecule has 4 nitrogen and oxygen atoms in total. The fourth-order valence-corrected chi connectivity index (χ4v) is 3.55. The summed E-state index contributed by atoms with van der Waals surface area (Å²) < 4.78 is 5.95. The minimum Gasteiger partial charge on any atom is -0.488 e. The molecule has 3 atom stereocenters. The van der Waals surface area contributed by atoms with Crippen molar-refractivity contribution in [2.75, 3.05) is 19.6 Å². The Morgan fingerprint density at radius 3 is 2.96 bits per heavy atom. The molecule has 0 aromatic heterocycles. The minimum absolute atomic E-state index is 0. The van der Waals surface area contributed by atoms with Gasteiger partial charge in [-0.05, 0) is 44.5 Å². The standard InChI is InChI=1S/C17H23ClN2O2.ClH/c1-12-9-13(5-7-19-12)17(21)20-8-6-16(11-20)22-15-4-2-3-14(18)10-15;/h2-4,10,12-13,16,19H,5-9,11H2,1H3;1H/t12-,13-,16?;/m0./s1. The van der Waals surface area contributed by atoms with Gasteiger partial charge in [0.05, 0.1) is 6.54 Å². The third kappa shape index (κ3) is 4.75. The van der Waals surface area contributed by atoms with Crippen LogP contribution in [0.2, 0.25) is 5.02 Å². The van der Waals surface area contributed by atoms with Gasteiger partial charge in [-0.1, -0.05) is 17.7 Å². The molecule has 0 aliphatic carbocycles. The predicted molar refractivity (Wildman–Crippen MR) is 94.5 cm³/mol. The molecule has 0 saturated carbocycles. The Morgan fingerprint density at radius 1 is 1.39 bits per heavy atom. The molecule has 2 fully saturated rings. The average molecular weight is 359 g/mol. The van der Waals surface area contributed by atoms with Gasteiger partial charge in [-0.15, -0.1) is 12.4 Å². The van der Waals surface area contributed by atoms with E-state index in [1.807, 2.05) is 29.2 Å². The van der Waals surface area contributed by atoms with Crippen LogP contribution >= 0.6 is 24.0 Å². The molecule has 2 aliphatic rings. The summed E-state index contributed by atoms with van der Waals surface area (Å²) in [4.78, 5) is 14.6. The molecule has 1 aromatic carbocycles. The topological polar surface area (TPSA) is 41.6 Å². The van der Waals surface area contributed by atoms with E-state index in [0.717, 1.165) is 38.1 Å². The zero-order valence-electron chi connectivity index (χ0n) is 13.3. The molecule has 128 valence electrons. The highest BCUT2D eigenvalue weighted by molar-refractivity contribution is 6.30. The molecule has 0 spiro atoms. The van der Waals surface area contributed by atoms with Crippen LogP contribution in [0.25, 0.3) is 0 Å². The van der Waals surface area contributed by atoms with Crippen molar-refractivity contribution in [3.8, 4) is 5.75 Å². The fraction of sp³-hybridized carbons (Fsp3) is 0.588. The molecule has 1 amide bonds. The summed E-state index contributed by atoms with van der Waals surface area (Å²) in [7, 11) is 0. The number of amides is 1. The van der Waals surface area contributed by atoms with E-state index >= 15 is 0 Å². The molecule has 0 radical (unpaired) electrons. The predicted octanol–water partition coefficient (Wildman–Crippen LogP) is 3.13. The minimum atomic E-state index is 0. The van der Waals surface area contributed by atoms with E-state index in [1.165, 1.54) is 0 Å². The van der Waals surface area contributed by atoms with Gasteiger partial charge in [-0.3, -0.25) is 4.79 Å². The molecule has 2 aliphatic heterocycles. The Hall–Kier alpha value is -0.970. The molecule has 3 rings (SSSR count). The van der Waals surface area contributed by atoms with E-state index in [9.17, 15) is 4.79 Å². The van der Waals surface area contributed by atoms with E-state index in [2.05, 4.69) is 12.2 Å². The van der Waals surface area contributed by atoms with Crippen LogP contribution in [0.1, 0.15) is 26.2 Å². The van der Waals surface area contributed by atoms with Crippen LogP contribution in [0, 0.1) is 5.92 Å². The molecular weight excluding hydrogens is 335 g/mol. The Kier molecular flexibility index (Phi) is 6.57. The normalized spacial score (nSPS) is 27.4.